The van der Waals surface area contributed by atoms with Crippen LogP contribution in [-0.4, -0.2) is 24.0 Å². The third-order valence-electron chi connectivity index (χ3n) is 4.14. The Kier molecular flexibility index (Phi) is 5.00. The van der Waals surface area contributed by atoms with E-state index in [1.807, 2.05) is 0 Å². The Morgan fingerprint density at radius 2 is 1.89 bits per heavy atom. The lowest BCUT2D eigenvalue weighted by molar-refractivity contribution is 0.159. The van der Waals surface area contributed by atoms with Crippen molar-refractivity contribution >= 4 is 0 Å². The molecular weight excluding hydrogens is 232 g/mol. The third kappa shape index (κ3) is 4.05. The second-order valence-electron chi connectivity index (χ2n) is 6.41. The van der Waals surface area contributed by atoms with Crippen LogP contribution in [0.1, 0.15) is 50.8 Å². The van der Waals surface area contributed by atoms with Gasteiger partial charge >= 0.3 is 0 Å². The molecule has 0 aromatic heterocycles. The molecule has 1 fully saturated rings. The zero-order valence-corrected chi connectivity index (χ0v) is 12.6. The van der Waals surface area contributed by atoms with Gasteiger partial charge in [0.15, 0.2) is 0 Å². The molecule has 0 bridgehead atoms. The highest BCUT2D eigenvalue weighted by atomic mass is 15.2. The molecule has 1 aliphatic rings. The van der Waals surface area contributed by atoms with Crippen LogP contribution in [0.5, 0.6) is 0 Å². The van der Waals surface area contributed by atoms with E-state index in [1.165, 1.54) is 36.9 Å². The van der Waals surface area contributed by atoms with Gasteiger partial charge in [-0.2, -0.15) is 0 Å². The van der Waals surface area contributed by atoms with Gasteiger partial charge in [0.2, 0.25) is 0 Å². The summed E-state index contributed by atoms with van der Waals surface area (Å²) in [5, 5.41) is 0. The number of nitrogens with two attached hydrogens (primary N) is 1. The topological polar surface area (TPSA) is 29.3 Å². The Bertz CT molecular complexity index is 383. The van der Waals surface area contributed by atoms with Crippen LogP contribution in [0.4, 0.5) is 0 Å². The predicted molar refractivity (Wildman–Crippen MR) is 82.2 cm³/mol. The number of likely N-dealkylation sites (tertiary alicyclic amines) is 1. The number of nitrogens with zero attached hydrogens (tertiary/aromatic N) is 1. The van der Waals surface area contributed by atoms with Gasteiger partial charge in [-0.05, 0) is 49.8 Å². The van der Waals surface area contributed by atoms with Crippen molar-refractivity contribution in [2.24, 2.45) is 11.7 Å². The number of piperidine rings is 1. The van der Waals surface area contributed by atoms with E-state index in [4.69, 9.17) is 5.73 Å². The molecule has 0 spiro atoms. The molecule has 2 N–H and O–H groups in total. The first-order chi connectivity index (χ1) is 9.06. The van der Waals surface area contributed by atoms with E-state index in [2.05, 4.69) is 49.9 Å². The first-order valence-corrected chi connectivity index (χ1v) is 7.64. The summed E-state index contributed by atoms with van der Waals surface area (Å²) in [6.45, 7) is 9.06. The van der Waals surface area contributed by atoms with Crippen LogP contribution in [0.3, 0.4) is 0 Å². The van der Waals surface area contributed by atoms with Crippen molar-refractivity contribution in [3.63, 3.8) is 0 Å². The molecule has 1 heterocycles. The molecule has 2 atom stereocenters. The van der Waals surface area contributed by atoms with Crippen LogP contribution in [-0.2, 0) is 6.42 Å². The van der Waals surface area contributed by atoms with Gasteiger partial charge in [0, 0.05) is 18.6 Å². The van der Waals surface area contributed by atoms with Gasteiger partial charge in [-0.25, -0.2) is 0 Å². The molecule has 2 nitrogen and oxygen atoms in total. The number of benzene rings is 1. The summed E-state index contributed by atoms with van der Waals surface area (Å²) in [7, 11) is 0. The Morgan fingerprint density at radius 1 is 1.21 bits per heavy atom. The average molecular weight is 260 g/mol. The van der Waals surface area contributed by atoms with Crippen molar-refractivity contribution in [1.82, 2.24) is 4.90 Å². The maximum absolute atomic E-state index is 6.08. The molecule has 0 aliphatic carbocycles. The number of hydrogen-bond acceptors (Lipinski definition) is 2. The lowest BCUT2D eigenvalue weighted by atomic mass is 9.97. The molecule has 0 radical (unpaired) electrons. The first-order valence-electron chi connectivity index (χ1n) is 7.64. The summed E-state index contributed by atoms with van der Waals surface area (Å²) < 4.78 is 0. The Morgan fingerprint density at radius 3 is 2.47 bits per heavy atom. The van der Waals surface area contributed by atoms with E-state index in [9.17, 15) is 0 Å². The van der Waals surface area contributed by atoms with Gasteiger partial charge in [0.25, 0.3) is 0 Å². The molecule has 1 aromatic rings. The molecule has 2 heteroatoms. The third-order valence-corrected chi connectivity index (χ3v) is 4.14. The van der Waals surface area contributed by atoms with Crippen LogP contribution in [0.25, 0.3) is 0 Å². The summed E-state index contributed by atoms with van der Waals surface area (Å²) in [5.74, 6) is 0.725. The van der Waals surface area contributed by atoms with E-state index in [1.54, 1.807) is 0 Å². The highest BCUT2D eigenvalue weighted by molar-refractivity contribution is 5.25. The molecule has 1 aromatic carbocycles. The van der Waals surface area contributed by atoms with Crippen molar-refractivity contribution in [2.75, 3.05) is 13.1 Å². The van der Waals surface area contributed by atoms with Crippen molar-refractivity contribution in [1.29, 1.82) is 0 Å². The van der Waals surface area contributed by atoms with Crippen LogP contribution >= 0.6 is 0 Å². The van der Waals surface area contributed by atoms with Gasteiger partial charge in [0.1, 0.15) is 0 Å². The molecule has 106 valence electrons. The van der Waals surface area contributed by atoms with Gasteiger partial charge in [0.05, 0.1) is 0 Å². The highest BCUT2D eigenvalue weighted by Gasteiger charge is 2.21. The zero-order chi connectivity index (χ0) is 13.8. The van der Waals surface area contributed by atoms with Crippen LogP contribution < -0.4 is 5.73 Å². The lowest BCUT2D eigenvalue weighted by Crippen LogP contribution is -2.43. The summed E-state index contributed by atoms with van der Waals surface area (Å²) in [6, 6.07) is 10.0. The molecular formula is C17H28N2. The fourth-order valence-electron chi connectivity index (χ4n) is 3.01. The Hall–Kier alpha value is -0.860. The molecule has 2 unspecified atom stereocenters. The highest BCUT2D eigenvalue weighted by Crippen LogP contribution is 2.24. The Balaban J connectivity index is 2.00. The van der Waals surface area contributed by atoms with Gasteiger partial charge in [-0.3, -0.25) is 4.90 Å². The Labute approximate surface area is 118 Å². The van der Waals surface area contributed by atoms with E-state index in [0.717, 1.165) is 12.5 Å². The largest absolute Gasteiger partial charge is 0.327 e. The van der Waals surface area contributed by atoms with E-state index >= 15 is 0 Å². The fourth-order valence-corrected chi connectivity index (χ4v) is 3.01. The smallest absolute Gasteiger partial charge is 0.0320 e. The van der Waals surface area contributed by atoms with Crippen LogP contribution in [0, 0.1) is 5.92 Å². The SMILES string of the molecule is CC(C)Cc1ccc(C(C)N2CCCC(N)C2)cc1. The van der Waals surface area contributed by atoms with Crippen LogP contribution in [0.15, 0.2) is 24.3 Å². The molecule has 2 rings (SSSR count). The van der Waals surface area contributed by atoms with E-state index in [0.29, 0.717) is 12.1 Å². The summed E-state index contributed by atoms with van der Waals surface area (Å²) in [6.07, 6.45) is 3.58. The van der Waals surface area contributed by atoms with E-state index in [-0.39, 0.29) is 0 Å². The second-order valence-corrected chi connectivity index (χ2v) is 6.41. The monoisotopic (exact) mass is 260 g/mol. The fraction of sp³-hybridized carbons (Fsp3) is 0.647. The van der Waals surface area contributed by atoms with Gasteiger partial charge < -0.3 is 5.73 Å². The van der Waals surface area contributed by atoms with Gasteiger partial charge in [-0.1, -0.05) is 38.1 Å². The molecule has 0 amide bonds. The van der Waals surface area contributed by atoms with Crippen molar-refractivity contribution in [3.8, 4) is 0 Å². The molecule has 0 saturated carbocycles. The second kappa shape index (κ2) is 6.53. The minimum Gasteiger partial charge on any atom is -0.327 e. The maximum Gasteiger partial charge on any atom is 0.0320 e. The molecule has 1 aliphatic heterocycles. The normalized spacial score (nSPS) is 22.7. The molecule has 19 heavy (non-hydrogen) atoms. The predicted octanol–water partition coefficient (Wildman–Crippen LogP) is 3.37. The lowest BCUT2D eigenvalue weighted by Gasteiger charge is -2.35. The number of rotatable bonds is 4. The number of hydrogen-bond donors (Lipinski definition) is 1. The molecule has 1 saturated heterocycles. The summed E-state index contributed by atoms with van der Waals surface area (Å²) in [4.78, 5) is 2.52. The zero-order valence-electron chi connectivity index (χ0n) is 12.6. The minimum absolute atomic E-state index is 0.358. The minimum atomic E-state index is 0.358. The average Bonchev–Trinajstić information content (AvgIpc) is 2.38. The summed E-state index contributed by atoms with van der Waals surface area (Å²) in [5.41, 5.74) is 8.94. The maximum atomic E-state index is 6.08. The van der Waals surface area contributed by atoms with Gasteiger partial charge in [-0.15, -0.1) is 0 Å². The summed E-state index contributed by atoms with van der Waals surface area (Å²) >= 11 is 0. The van der Waals surface area contributed by atoms with Crippen molar-refractivity contribution in [3.05, 3.63) is 35.4 Å². The standard InChI is InChI=1S/C17H28N2/c1-13(2)11-15-6-8-16(9-7-15)14(3)19-10-4-5-17(18)12-19/h6-9,13-14,17H,4-5,10-12,18H2,1-3H3. The quantitative estimate of drug-likeness (QED) is 0.899. The first kappa shape index (κ1) is 14.5. The van der Waals surface area contributed by atoms with Crippen LogP contribution in [0.2, 0.25) is 0 Å². The van der Waals surface area contributed by atoms with Crippen molar-refractivity contribution in [2.45, 2.75) is 52.1 Å². The van der Waals surface area contributed by atoms with Crippen molar-refractivity contribution < 1.29 is 0 Å². The van der Waals surface area contributed by atoms with E-state index < -0.39 is 0 Å².